The van der Waals surface area contributed by atoms with E-state index >= 15 is 0 Å². The number of methoxy groups -OCH3 is 1. The third-order valence-electron chi connectivity index (χ3n) is 3.32. The summed E-state index contributed by atoms with van der Waals surface area (Å²) in [4.78, 5) is 13.3. The monoisotopic (exact) mass is 248 g/mol. The molecule has 1 amide bonds. The number of hydrogen-bond acceptors (Lipinski definition) is 3. The Bertz CT molecular complexity index is 381. The number of ether oxygens (including phenoxy) is 1. The largest absolute Gasteiger partial charge is 0.453 e. The lowest BCUT2D eigenvalue weighted by molar-refractivity contribution is 0.104. The van der Waals surface area contributed by atoms with Gasteiger partial charge in [-0.25, -0.2) is 4.79 Å². The molecule has 4 heteroatoms. The fourth-order valence-corrected chi connectivity index (χ4v) is 2.34. The Balaban J connectivity index is 1.81. The normalized spacial score (nSPS) is 19.4. The molecule has 1 aliphatic heterocycles. The second kappa shape index (κ2) is 6.28. The maximum absolute atomic E-state index is 11.5. The number of benzene rings is 1. The van der Waals surface area contributed by atoms with Crippen LogP contribution in [0.5, 0.6) is 0 Å². The van der Waals surface area contributed by atoms with Gasteiger partial charge in [-0.05, 0) is 30.9 Å². The number of carbonyl (C=O) groups is 1. The van der Waals surface area contributed by atoms with Gasteiger partial charge in [0.1, 0.15) is 0 Å². The Labute approximate surface area is 108 Å². The van der Waals surface area contributed by atoms with Crippen LogP contribution in [0, 0.1) is 5.92 Å². The smallest absolute Gasteiger partial charge is 0.409 e. The van der Waals surface area contributed by atoms with Crippen LogP contribution in [-0.2, 0) is 4.74 Å². The summed E-state index contributed by atoms with van der Waals surface area (Å²) in [6, 6.07) is 10.2. The first-order chi connectivity index (χ1) is 8.79. The molecule has 1 heterocycles. The van der Waals surface area contributed by atoms with Crippen molar-refractivity contribution in [1.29, 1.82) is 0 Å². The van der Waals surface area contributed by atoms with E-state index in [1.165, 1.54) is 7.11 Å². The molecule has 4 nitrogen and oxygen atoms in total. The molecule has 18 heavy (non-hydrogen) atoms. The number of amides is 1. The highest BCUT2D eigenvalue weighted by atomic mass is 16.5. The Morgan fingerprint density at radius 1 is 1.44 bits per heavy atom. The molecular formula is C14H20N2O2. The van der Waals surface area contributed by atoms with Crippen LogP contribution in [0.2, 0.25) is 0 Å². The fourth-order valence-electron chi connectivity index (χ4n) is 2.34. The molecule has 1 N–H and O–H groups in total. The van der Waals surface area contributed by atoms with Gasteiger partial charge < -0.3 is 15.0 Å². The Hall–Kier alpha value is -1.71. The van der Waals surface area contributed by atoms with Gasteiger partial charge in [-0.2, -0.15) is 0 Å². The molecule has 0 unspecified atom stereocenters. The van der Waals surface area contributed by atoms with Crippen LogP contribution in [0.1, 0.15) is 12.8 Å². The lowest BCUT2D eigenvalue weighted by Crippen LogP contribution is -2.41. The highest BCUT2D eigenvalue weighted by molar-refractivity contribution is 5.67. The average Bonchev–Trinajstić information content (AvgIpc) is 2.45. The summed E-state index contributed by atoms with van der Waals surface area (Å²) < 4.78 is 4.77. The summed E-state index contributed by atoms with van der Waals surface area (Å²) in [5, 5.41) is 3.41. The molecule has 0 saturated carbocycles. The van der Waals surface area contributed by atoms with Crippen molar-refractivity contribution in [3.8, 4) is 0 Å². The number of hydrogen-bond donors (Lipinski definition) is 1. The van der Waals surface area contributed by atoms with Crippen molar-refractivity contribution in [3.63, 3.8) is 0 Å². The van der Waals surface area contributed by atoms with E-state index in [0.717, 1.165) is 38.2 Å². The number of nitrogens with one attached hydrogen (secondary N) is 1. The summed E-state index contributed by atoms with van der Waals surface area (Å²) >= 11 is 0. The summed E-state index contributed by atoms with van der Waals surface area (Å²) in [5.41, 5.74) is 1.13. The highest BCUT2D eigenvalue weighted by Crippen LogP contribution is 2.18. The number of carbonyl (C=O) groups excluding carboxylic acids is 1. The van der Waals surface area contributed by atoms with Gasteiger partial charge in [0.15, 0.2) is 0 Å². The Morgan fingerprint density at radius 2 is 2.22 bits per heavy atom. The fraction of sp³-hybridized carbons (Fsp3) is 0.500. The number of rotatable bonds is 3. The first-order valence-electron chi connectivity index (χ1n) is 6.41. The van der Waals surface area contributed by atoms with E-state index in [0.29, 0.717) is 5.92 Å². The zero-order valence-electron chi connectivity index (χ0n) is 10.8. The standard InChI is InChI=1S/C14H20N2O2/c1-18-14(17)16-9-5-6-12(11-16)10-15-13-7-3-2-4-8-13/h2-4,7-8,12,15H,5-6,9-11H2,1H3/t12-/m0/s1. The van der Waals surface area contributed by atoms with E-state index in [1.54, 1.807) is 4.90 Å². The van der Waals surface area contributed by atoms with Crippen LogP contribution in [0.4, 0.5) is 10.5 Å². The van der Waals surface area contributed by atoms with Gasteiger partial charge in [0.25, 0.3) is 0 Å². The zero-order valence-corrected chi connectivity index (χ0v) is 10.8. The molecule has 98 valence electrons. The van der Waals surface area contributed by atoms with Gasteiger partial charge in [-0.3, -0.25) is 0 Å². The van der Waals surface area contributed by atoms with Crippen molar-refractivity contribution in [2.45, 2.75) is 12.8 Å². The SMILES string of the molecule is COC(=O)N1CCC[C@@H](CNc2ccccc2)C1. The topological polar surface area (TPSA) is 41.6 Å². The van der Waals surface area contributed by atoms with Gasteiger partial charge in [-0.15, -0.1) is 0 Å². The third kappa shape index (κ3) is 3.39. The van der Waals surface area contributed by atoms with Crippen LogP contribution in [0.25, 0.3) is 0 Å². The van der Waals surface area contributed by atoms with Crippen molar-refractivity contribution < 1.29 is 9.53 Å². The molecule has 1 fully saturated rings. The van der Waals surface area contributed by atoms with Crippen molar-refractivity contribution in [1.82, 2.24) is 4.90 Å². The predicted octanol–water partition coefficient (Wildman–Crippen LogP) is 2.58. The van der Waals surface area contributed by atoms with E-state index in [9.17, 15) is 4.79 Å². The first-order valence-corrected chi connectivity index (χ1v) is 6.41. The molecule has 0 radical (unpaired) electrons. The number of nitrogens with zero attached hydrogens (tertiary/aromatic N) is 1. The van der Waals surface area contributed by atoms with Gasteiger partial charge in [-0.1, -0.05) is 18.2 Å². The number of piperidine rings is 1. The maximum atomic E-state index is 11.5. The molecule has 1 aromatic carbocycles. The summed E-state index contributed by atoms with van der Waals surface area (Å²) in [7, 11) is 1.44. The van der Waals surface area contributed by atoms with Crippen molar-refractivity contribution in [2.75, 3.05) is 32.1 Å². The van der Waals surface area contributed by atoms with E-state index in [2.05, 4.69) is 17.4 Å². The van der Waals surface area contributed by atoms with Crippen LogP contribution >= 0.6 is 0 Å². The second-order valence-corrected chi connectivity index (χ2v) is 4.67. The maximum Gasteiger partial charge on any atom is 0.409 e. The molecule has 1 saturated heterocycles. The molecule has 0 aromatic heterocycles. The predicted molar refractivity (Wildman–Crippen MR) is 71.6 cm³/mol. The summed E-state index contributed by atoms with van der Waals surface area (Å²) in [5.74, 6) is 0.498. The molecule has 1 aromatic rings. The van der Waals surface area contributed by atoms with E-state index in [-0.39, 0.29) is 6.09 Å². The Morgan fingerprint density at radius 3 is 2.94 bits per heavy atom. The van der Waals surface area contributed by atoms with Crippen molar-refractivity contribution in [2.24, 2.45) is 5.92 Å². The second-order valence-electron chi connectivity index (χ2n) is 4.67. The lowest BCUT2D eigenvalue weighted by atomic mass is 9.98. The van der Waals surface area contributed by atoms with Crippen molar-refractivity contribution in [3.05, 3.63) is 30.3 Å². The number of likely N-dealkylation sites (tertiary alicyclic amines) is 1. The number of anilines is 1. The van der Waals surface area contributed by atoms with Gasteiger partial charge in [0.05, 0.1) is 7.11 Å². The highest BCUT2D eigenvalue weighted by Gasteiger charge is 2.23. The van der Waals surface area contributed by atoms with Crippen LogP contribution in [-0.4, -0.2) is 37.7 Å². The Kier molecular flexibility index (Phi) is 4.45. The lowest BCUT2D eigenvalue weighted by Gasteiger charge is -2.31. The average molecular weight is 248 g/mol. The van der Waals surface area contributed by atoms with E-state index in [1.807, 2.05) is 18.2 Å². The first kappa shape index (κ1) is 12.7. The van der Waals surface area contributed by atoms with Gasteiger partial charge in [0.2, 0.25) is 0 Å². The van der Waals surface area contributed by atoms with Crippen molar-refractivity contribution >= 4 is 11.8 Å². The molecule has 0 aliphatic carbocycles. The quantitative estimate of drug-likeness (QED) is 0.894. The minimum absolute atomic E-state index is 0.209. The molecule has 2 rings (SSSR count). The molecular weight excluding hydrogens is 228 g/mol. The molecule has 0 bridgehead atoms. The van der Waals surface area contributed by atoms with Crippen LogP contribution < -0.4 is 5.32 Å². The molecule has 1 atom stereocenters. The number of para-hydroxylation sites is 1. The van der Waals surface area contributed by atoms with Crippen LogP contribution in [0.15, 0.2) is 30.3 Å². The minimum atomic E-state index is -0.209. The van der Waals surface area contributed by atoms with Gasteiger partial charge in [0, 0.05) is 25.3 Å². The molecule has 1 aliphatic rings. The van der Waals surface area contributed by atoms with E-state index in [4.69, 9.17) is 4.74 Å². The summed E-state index contributed by atoms with van der Waals surface area (Å²) in [6.07, 6.45) is 2.00. The van der Waals surface area contributed by atoms with Gasteiger partial charge >= 0.3 is 6.09 Å². The van der Waals surface area contributed by atoms with Crippen LogP contribution in [0.3, 0.4) is 0 Å². The zero-order chi connectivity index (χ0) is 12.8. The molecule has 0 spiro atoms. The summed E-state index contributed by atoms with van der Waals surface area (Å²) in [6.45, 7) is 2.50. The third-order valence-corrected chi connectivity index (χ3v) is 3.32. The van der Waals surface area contributed by atoms with E-state index < -0.39 is 0 Å². The minimum Gasteiger partial charge on any atom is -0.453 e.